The molecule has 1 radical (unpaired) electrons. The third-order valence-electron chi connectivity index (χ3n) is 1.38. The summed E-state index contributed by atoms with van der Waals surface area (Å²) in [7, 11) is 2.81. The lowest BCUT2D eigenvalue weighted by atomic mass is 10.1. The second-order valence-corrected chi connectivity index (χ2v) is 3.65. The first-order chi connectivity index (χ1) is 3.12. The predicted octanol–water partition coefficient (Wildman–Crippen LogP) is 2.25. The summed E-state index contributed by atoms with van der Waals surface area (Å²) in [5.74, 6) is 0. The molecule has 0 heterocycles. The zero-order valence-electron chi connectivity index (χ0n) is 5.20. The Labute approximate surface area is 48.9 Å². The van der Waals surface area contributed by atoms with Crippen LogP contribution in [0.2, 0.25) is 0 Å². The molecule has 0 aromatic rings. The summed E-state index contributed by atoms with van der Waals surface area (Å²) in [5, 5.41) is 0.389. The van der Waals surface area contributed by atoms with Crippen molar-refractivity contribution in [3.8, 4) is 0 Å². The van der Waals surface area contributed by atoms with E-state index in [1.807, 2.05) is 0 Å². The highest BCUT2D eigenvalue weighted by Crippen LogP contribution is 2.24. The quantitative estimate of drug-likeness (QED) is 0.486. The molecular weight excluding hydrogens is 103 g/mol. The third-order valence-corrected chi connectivity index (χ3v) is 2.08. The molecule has 0 nitrogen and oxygen atoms in total. The summed E-state index contributed by atoms with van der Waals surface area (Å²) < 4.78 is 0. The molecular formula is C6H14P. The Kier molecular flexibility index (Phi) is 2.83. The van der Waals surface area contributed by atoms with Gasteiger partial charge in [0.05, 0.1) is 0 Å². The average Bonchev–Trinajstić information content (AvgIpc) is 1.68. The van der Waals surface area contributed by atoms with Gasteiger partial charge in [0.2, 0.25) is 0 Å². The van der Waals surface area contributed by atoms with Gasteiger partial charge in [-0.2, -0.15) is 0 Å². The van der Waals surface area contributed by atoms with Crippen molar-refractivity contribution in [3.63, 3.8) is 0 Å². The first-order valence-electron chi connectivity index (χ1n) is 2.70. The summed E-state index contributed by atoms with van der Waals surface area (Å²) in [4.78, 5) is 0. The topological polar surface area (TPSA) is 0 Å². The van der Waals surface area contributed by atoms with Gasteiger partial charge in [0.1, 0.15) is 0 Å². The van der Waals surface area contributed by atoms with Crippen molar-refractivity contribution in [2.75, 3.05) is 0 Å². The minimum atomic E-state index is 0.389. The van der Waals surface area contributed by atoms with E-state index in [2.05, 4.69) is 30.0 Å². The van der Waals surface area contributed by atoms with Gasteiger partial charge in [0, 0.05) is 0 Å². The monoisotopic (exact) mass is 117 g/mol. The van der Waals surface area contributed by atoms with Crippen LogP contribution in [0, 0.1) is 6.92 Å². The normalized spacial score (nSPS) is 12.0. The lowest BCUT2D eigenvalue weighted by Gasteiger charge is -2.18. The van der Waals surface area contributed by atoms with Gasteiger partial charge < -0.3 is 0 Å². The Morgan fingerprint density at radius 1 is 1.71 bits per heavy atom. The summed E-state index contributed by atoms with van der Waals surface area (Å²) in [6.45, 7) is 8.19. The fraction of sp³-hybridized carbons (Fsp3) is 0.833. The highest BCUT2D eigenvalue weighted by Gasteiger charge is 2.10. The molecule has 0 spiro atoms. The van der Waals surface area contributed by atoms with Gasteiger partial charge in [-0.25, -0.2) is 0 Å². The van der Waals surface area contributed by atoms with E-state index in [0.29, 0.717) is 5.16 Å². The molecule has 0 saturated carbocycles. The Bertz CT molecular complexity index is 42.1. The van der Waals surface area contributed by atoms with Gasteiger partial charge in [0.15, 0.2) is 0 Å². The smallest absolute Gasteiger partial charge is 0.0181 e. The number of rotatable bonds is 2. The van der Waals surface area contributed by atoms with Crippen molar-refractivity contribution in [1.82, 2.24) is 0 Å². The third kappa shape index (κ3) is 3.05. The van der Waals surface area contributed by atoms with Crippen LogP contribution in [0.15, 0.2) is 0 Å². The van der Waals surface area contributed by atoms with Crippen LogP contribution in [0.3, 0.4) is 0 Å². The van der Waals surface area contributed by atoms with E-state index in [1.54, 1.807) is 0 Å². The summed E-state index contributed by atoms with van der Waals surface area (Å²) in [5.41, 5.74) is 0. The molecule has 0 amide bonds. The van der Waals surface area contributed by atoms with Crippen LogP contribution in [0.25, 0.3) is 0 Å². The molecule has 0 fully saturated rings. The van der Waals surface area contributed by atoms with Crippen molar-refractivity contribution >= 4 is 9.24 Å². The number of hydrogen-bond donors (Lipinski definition) is 0. The Balaban J connectivity index is 3.36. The molecule has 2 unspecified atom stereocenters. The zero-order valence-corrected chi connectivity index (χ0v) is 6.35. The van der Waals surface area contributed by atoms with Crippen LogP contribution in [0.5, 0.6) is 0 Å². The van der Waals surface area contributed by atoms with E-state index in [4.69, 9.17) is 0 Å². The standard InChI is InChI=1S/C6H14P/c1-4-6(3,7)5-2/h1,4-5,7H2,2-3H3. The largest absolute Gasteiger partial charge is 0.131 e. The van der Waals surface area contributed by atoms with E-state index < -0.39 is 0 Å². The van der Waals surface area contributed by atoms with Crippen molar-refractivity contribution in [3.05, 3.63) is 6.92 Å². The van der Waals surface area contributed by atoms with E-state index >= 15 is 0 Å². The van der Waals surface area contributed by atoms with Gasteiger partial charge in [-0.05, 0) is 18.0 Å². The van der Waals surface area contributed by atoms with E-state index in [0.717, 1.165) is 6.42 Å². The summed E-state index contributed by atoms with van der Waals surface area (Å²) in [6, 6.07) is 0. The van der Waals surface area contributed by atoms with Crippen LogP contribution in [-0.4, -0.2) is 5.16 Å². The fourth-order valence-corrected chi connectivity index (χ4v) is 0.177. The molecule has 0 bridgehead atoms. The molecule has 7 heavy (non-hydrogen) atoms. The van der Waals surface area contributed by atoms with Gasteiger partial charge in [-0.1, -0.05) is 20.8 Å². The van der Waals surface area contributed by atoms with Crippen molar-refractivity contribution in [2.24, 2.45) is 0 Å². The van der Waals surface area contributed by atoms with Crippen LogP contribution >= 0.6 is 9.24 Å². The first kappa shape index (κ1) is 7.43. The molecule has 0 aliphatic heterocycles. The number of hydrogen-bond acceptors (Lipinski definition) is 0. The van der Waals surface area contributed by atoms with Crippen LogP contribution in [0.4, 0.5) is 0 Å². The average molecular weight is 117 g/mol. The molecule has 2 atom stereocenters. The maximum Gasteiger partial charge on any atom is -0.0181 e. The maximum atomic E-state index is 3.81. The molecule has 0 aliphatic carbocycles. The van der Waals surface area contributed by atoms with Crippen LogP contribution < -0.4 is 0 Å². The van der Waals surface area contributed by atoms with Gasteiger partial charge in [-0.15, -0.1) is 9.24 Å². The second kappa shape index (κ2) is 2.67. The van der Waals surface area contributed by atoms with Crippen molar-refractivity contribution in [1.29, 1.82) is 0 Å². The van der Waals surface area contributed by atoms with E-state index in [9.17, 15) is 0 Å². The minimum absolute atomic E-state index is 0.389. The van der Waals surface area contributed by atoms with Gasteiger partial charge >= 0.3 is 0 Å². The van der Waals surface area contributed by atoms with E-state index in [1.165, 1.54) is 6.42 Å². The second-order valence-electron chi connectivity index (χ2n) is 2.26. The molecule has 0 N–H and O–H groups in total. The van der Waals surface area contributed by atoms with Gasteiger partial charge in [-0.3, -0.25) is 0 Å². The molecule has 0 rings (SSSR count). The molecule has 43 valence electrons. The maximum absolute atomic E-state index is 3.81. The molecule has 1 heteroatoms. The summed E-state index contributed by atoms with van der Waals surface area (Å²) >= 11 is 0. The van der Waals surface area contributed by atoms with E-state index in [-0.39, 0.29) is 0 Å². The van der Waals surface area contributed by atoms with Crippen molar-refractivity contribution < 1.29 is 0 Å². The lowest BCUT2D eigenvalue weighted by molar-refractivity contribution is 0.627. The van der Waals surface area contributed by atoms with Crippen LogP contribution in [-0.2, 0) is 0 Å². The SMILES string of the molecule is [CH2]CC(C)(P)CC. The highest BCUT2D eigenvalue weighted by atomic mass is 31.0. The highest BCUT2D eigenvalue weighted by molar-refractivity contribution is 7.18. The van der Waals surface area contributed by atoms with Crippen molar-refractivity contribution in [2.45, 2.75) is 31.8 Å². The summed E-state index contributed by atoms with van der Waals surface area (Å²) in [6.07, 6.45) is 2.20. The van der Waals surface area contributed by atoms with Crippen LogP contribution in [0.1, 0.15) is 26.7 Å². The fourth-order valence-electron chi connectivity index (χ4n) is 0.177. The Morgan fingerprint density at radius 2 is 2.14 bits per heavy atom. The van der Waals surface area contributed by atoms with Gasteiger partial charge in [0.25, 0.3) is 0 Å². The Morgan fingerprint density at radius 3 is 2.14 bits per heavy atom. The molecule has 0 aromatic carbocycles. The first-order valence-corrected chi connectivity index (χ1v) is 3.28. The minimum Gasteiger partial charge on any atom is -0.131 e. The lowest BCUT2D eigenvalue weighted by Crippen LogP contribution is -2.10. The Hall–Kier alpha value is 0.430. The molecule has 0 saturated heterocycles. The molecule has 0 aromatic heterocycles. The predicted molar refractivity (Wildman–Crippen MR) is 38.4 cm³/mol. The molecule has 0 aliphatic rings. The zero-order chi connectivity index (χ0) is 5.91.